The van der Waals surface area contributed by atoms with Crippen LogP contribution < -0.4 is 0 Å². The Bertz CT molecular complexity index is 199. The predicted octanol–water partition coefficient (Wildman–Crippen LogP) is 0.753. The summed E-state index contributed by atoms with van der Waals surface area (Å²) in [7, 11) is 0. The van der Waals surface area contributed by atoms with Crippen molar-refractivity contribution in [2.45, 2.75) is 31.5 Å². The maximum Gasteiger partial charge on any atom is 0.167 e. The lowest BCUT2D eigenvalue weighted by Crippen LogP contribution is -2.25. The first-order chi connectivity index (χ1) is 4.86. The van der Waals surface area contributed by atoms with Gasteiger partial charge in [0.1, 0.15) is 6.10 Å². The van der Waals surface area contributed by atoms with Gasteiger partial charge in [-0.2, -0.15) is 0 Å². The number of ether oxygens (including phenoxy) is 1. The van der Waals surface area contributed by atoms with E-state index in [0.29, 0.717) is 17.8 Å². The first kappa shape index (κ1) is 5.30. The van der Waals surface area contributed by atoms with Crippen LogP contribution in [-0.2, 0) is 9.53 Å². The Kier molecular flexibility index (Phi) is 0.768. The zero-order valence-electron chi connectivity index (χ0n) is 5.75. The molecule has 4 atom stereocenters. The Morgan fingerprint density at radius 3 is 3.20 bits per heavy atom. The van der Waals surface area contributed by atoms with Crippen molar-refractivity contribution in [2.24, 2.45) is 11.8 Å². The van der Waals surface area contributed by atoms with E-state index in [1.807, 2.05) is 0 Å². The molecular weight excluding hydrogens is 128 g/mol. The van der Waals surface area contributed by atoms with E-state index in [9.17, 15) is 4.79 Å². The predicted molar refractivity (Wildman–Crippen MR) is 34.5 cm³/mol. The number of carbonyl (C=O) groups is 1. The van der Waals surface area contributed by atoms with E-state index in [1.54, 1.807) is 0 Å². The summed E-state index contributed by atoms with van der Waals surface area (Å²) in [6, 6.07) is 0. The van der Waals surface area contributed by atoms with Crippen molar-refractivity contribution in [2.75, 3.05) is 0 Å². The molecule has 0 aromatic heterocycles. The molecule has 2 heteroatoms. The van der Waals surface area contributed by atoms with Crippen LogP contribution in [0.4, 0.5) is 0 Å². The van der Waals surface area contributed by atoms with Crippen molar-refractivity contribution in [3.05, 3.63) is 0 Å². The second kappa shape index (κ2) is 1.45. The van der Waals surface area contributed by atoms with E-state index in [0.717, 1.165) is 18.8 Å². The quantitative estimate of drug-likeness (QED) is 0.462. The van der Waals surface area contributed by atoms with Gasteiger partial charge in [-0.3, -0.25) is 4.79 Å². The zero-order chi connectivity index (χ0) is 6.72. The zero-order valence-corrected chi connectivity index (χ0v) is 5.75. The standard InChI is InChI=1S/C8H10O2/c9-6-4-1-2-5(3-4)7-8(6)10-7/h4-5,7-8H,1-3H2/t4?,5?,7-,8+/m0/s1. The second-order valence-corrected chi connectivity index (χ2v) is 3.69. The molecule has 2 nitrogen and oxygen atoms in total. The lowest BCUT2D eigenvalue weighted by Gasteiger charge is -2.11. The SMILES string of the molecule is O=C1C2CCC(C2)[C@@H]2O[C@H]12. The van der Waals surface area contributed by atoms with E-state index in [4.69, 9.17) is 4.74 Å². The normalized spacial score (nSPS) is 56.6. The first-order valence-electron chi connectivity index (χ1n) is 4.05. The van der Waals surface area contributed by atoms with Crippen molar-refractivity contribution in [1.82, 2.24) is 0 Å². The van der Waals surface area contributed by atoms with Gasteiger partial charge in [0, 0.05) is 5.92 Å². The Morgan fingerprint density at radius 1 is 1.40 bits per heavy atom. The number of fused-ring (bicyclic) bond motifs is 4. The average Bonchev–Trinajstić information content (AvgIpc) is 2.61. The molecule has 2 saturated carbocycles. The molecule has 0 aromatic rings. The monoisotopic (exact) mass is 138 g/mol. The summed E-state index contributed by atoms with van der Waals surface area (Å²) >= 11 is 0. The van der Waals surface area contributed by atoms with Crippen LogP contribution in [0.3, 0.4) is 0 Å². The fourth-order valence-electron chi connectivity index (χ4n) is 2.52. The van der Waals surface area contributed by atoms with E-state index < -0.39 is 0 Å². The molecule has 54 valence electrons. The lowest BCUT2D eigenvalue weighted by atomic mass is 9.88. The van der Waals surface area contributed by atoms with Gasteiger partial charge < -0.3 is 4.74 Å². The Balaban J connectivity index is 1.98. The third-order valence-electron chi connectivity index (χ3n) is 3.15. The number of hydrogen-bond acceptors (Lipinski definition) is 2. The maximum absolute atomic E-state index is 11.3. The van der Waals surface area contributed by atoms with Crippen molar-refractivity contribution < 1.29 is 9.53 Å². The summed E-state index contributed by atoms with van der Waals surface area (Å²) in [6.07, 6.45) is 3.90. The van der Waals surface area contributed by atoms with Gasteiger partial charge in [-0.15, -0.1) is 0 Å². The van der Waals surface area contributed by atoms with Gasteiger partial charge in [0.2, 0.25) is 0 Å². The Hall–Kier alpha value is -0.370. The summed E-state index contributed by atoms with van der Waals surface area (Å²) in [4.78, 5) is 11.3. The van der Waals surface area contributed by atoms with Gasteiger partial charge in [-0.05, 0) is 25.2 Å². The minimum atomic E-state index is 0.0475. The summed E-state index contributed by atoms with van der Waals surface area (Å²) < 4.78 is 5.27. The average molecular weight is 138 g/mol. The molecule has 0 amide bonds. The molecule has 2 bridgehead atoms. The molecule has 3 aliphatic rings. The minimum Gasteiger partial charge on any atom is -0.361 e. The smallest absolute Gasteiger partial charge is 0.167 e. The molecular formula is C8H10O2. The van der Waals surface area contributed by atoms with Crippen LogP contribution in [-0.4, -0.2) is 18.0 Å². The Morgan fingerprint density at radius 2 is 2.30 bits per heavy atom. The highest BCUT2D eigenvalue weighted by molar-refractivity contribution is 5.89. The number of ketones is 1. The van der Waals surface area contributed by atoms with E-state index in [1.165, 1.54) is 6.42 Å². The molecule has 0 spiro atoms. The van der Waals surface area contributed by atoms with E-state index in [2.05, 4.69) is 0 Å². The van der Waals surface area contributed by atoms with Gasteiger partial charge in [0.05, 0.1) is 6.10 Å². The molecule has 0 N–H and O–H groups in total. The van der Waals surface area contributed by atoms with Crippen molar-refractivity contribution >= 4 is 5.78 Å². The lowest BCUT2D eigenvalue weighted by molar-refractivity contribution is -0.124. The molecule has 0 radical (unpaired) electrons. The third-order valence-corrected chi connectivity index (χ3v) is 3.15. The fraction of sp³-hybridized carbons (Fsp3) is 0.875. The Labute approximate surface area is 59.6 Å². The van der Waals surface area contributed by atoms with Crippen molar-refractivity contribution in [3.8, 4) is 0 Å². The van der Waals surface area contributed by atoms with Crippen LogP contribution in [0.2, 0.25) is 0 Å². The summed E-state index contributed by atoms with van der Waals surface area (Å²) in [6.45, 7) is 0. The molecule has 2 unspecified atom stereocenters. The van der Waals surface area contributed by atoms with Crippen LogP contribution in [0.15, 0.2) is 0 Å². The topological polar surface area (TPSA) is 29.6 Å². The molecule has 1 aliphatic heterocycles. The third kappa shape index (κ3) is 0.473. The van der Waals surface area contributed by atoms with Crippen LogP contribution in [0.25, 0.3) is 0 Å². The summed E-state index contributed by atoms with van der Waals surface area (Å²) in [5.74, 6) is 1.53. The molecule has 0 aromatic carbocycles. The number of Topliss-reactive ketones (excluding diaryl/α,β-unsaturated/α-hetero) is 1. The van der Waals surface area contributed by atoms with Gasteiger partial charge in [0.25, 0.3) is 0 Å². The maximum atomic E-state index is 11.3. The van der Waals surface area contributed by atoms with Crippen LogP contribution >= 0.6 is 0 Å². The summed E-state index contributed by atoms with van der Waals surface area (Å²) in [5, 5.41) is 0. The van der Waals surface area contributed by atoms with Gasteiger partial charge in [-0.25, -0.2) is 0 Å². The highest BCUT2D eigenvalue weighted by Crippen LogP contribution is 2.49. The molecule has 1 saturated heterocycles. The van der Waals surface area contributed by atoms with Gasteiger partial charge in [-0.1, -0.05) is 0 Å². The van der Waals surface area contributed by atoms with Gasteiger partial charge in [0.15, 0.2) is 5.78 Å². The summed E-state index contributed by atoms with van der Waals surface area (Å²) in [5.41, 5.74) is 0. The number of rotatable bonds is 0. The molecule has 1 heterocycles. The number of carbonyl (C=O) groups excluding carboxylic acids is 1. The number of epoxide rings is 1. The minimum absolute atomic E-state index is 0.0475. The van der Waals surface area contributed by atoms with Crippen molar-refractivity contribution in [1.29, 1.82) is 0 Å². The molecule has 2 aliphatic carbocycles. The largest absolute Gasteiger partial charge is 0.361 e. The van der Waals surface area contributed by atoms with Gasteiger partial charge >= 0.3 is 0 Å². The number of hydrogen-bond donors (Lipinski definition) is 0. The van der Waals surface area contributed by atoms with Crippen LogP contribution in [0.1, 0.15) is 19.3 Å². The van der Waals surface area contributed by atoms with Crippen LogP contribution in [0, 0.1) is 11.8 Å². The second-order valence-electron chi connectivity index (χ2n) is 3.69. The molecule has 3 fully saturated rings. The highest BCUT2D eigenvalue weighted by Gasteiger charge is 2.58. The van der Waals surface area contributed by atoms with E-state index >= 15 is 0 Å². The van der Waals surface area contributed by atoms with E-state index in [-0.39, 0.29) is 6.10 Å². The van der Waals surface area contributed by atoms with Crippen LogP contribution in [0.5, 0.6) is 0 Å². The van der Waals surface area contributed by atoms with Crippen molar-refractivity contribution in [3.63, 3.8) is 0 Å². The fourth-order valence-corrected chi connectivity index (χ4v) is 2.52. The first-order valence-corrected chi connectivity index (χ1v) is 4.05. The molecule has 10 heavy (non-hydrogen) atoms. The molecule has 3 rings (SSSR count). The highest BCUT2D eigenvalue weighted by atomic mass is 16.6.